The first-order valence-electron chi connectivity index (χ1n) is 12.2. The maximum absolute atomic E-state index is 13.7. The number of nitrogens with one attached hydrogen (secondary N) is 1. The summed E-state index contributed by atoms with van der Waals surface area (Å²) in [5.41, 5.74) is -2.80. The Kier molecular flexibility index (Phi) is 8.06. The number of pyridine rings is 1. The maximum atomic E-state index is 13.7. The number of hydrogen-bond acceptors (Lipinski definition) is 3. The number of carbonyl (C=O) groups excluding carboxylic acids is 1. The molecule has 1 heterocycles. The lowest BCUT2D eigenvalue weighted by Gasteiger charge is -2.21. The highest BCUT2D eigenvalue weighted by molar-refractivity contribution is 6.08. The Morgan fingerprint density at radius 1 is 0.825 bits per heavy atom. The van der Waals surface area contributed by atoms with Gasteiger partial charge < -0.3 is 14.8 Å². The molecular weight excluding hydrogens is 536 g/mol. The van der Waals surface area contributed by atoms with Gasteiger partial charge in [-0.15, -0.1) is 0 Å². The minimum Gasteiger partial charge on any atom is -0.347 e. The van der Waals surface area contributed by atoms with Gasteiger partial charge in [0, 0.05) is 30.6 Å². The van der Waals surface area contributed by atoms with Crippen LogP contribution in [0.3, 0.4) is 0 Å². The van der Waals surface area contributed by atoms with Crippen LogP contribution in [0.25, 0.3) is 21.9 Å². The summed E-state index contributed by atoms with van der Waals surface area (Å²) < 4.78 is 81.3. The zero-order valence-electron chi connectivity index (χ0n) is 21.5. The highest BCUT2D eigenvalue weighted by Gasteiger charge is 2.37. The summed E-state index contributed by atoms with van der Waals surface area (Å²) in [6, 6.07) is 16.7. The molecule has 0 saturated heterocycles. The SMILES string of the molecule is CN(C)CCn1c(C(=O)NCc2cc(C(F)(F)F)cc(C(F)(F)F)c2)c(-c2ccccc2)c2ccccc2c1=O. The Morgan fingerprint density at radius 3 is 1.93 bits per heavy atom. The van der Waals surface area contributed by atoms with Crippen LogP contribution in [0.2, 0.25) is 0 Å². The molecule has 0 radical (unpaired) electrons. The Hall–Kier alpha value is -4.12. The number of aromatic nitrogens is 1. The van der Waals surface area contributed by atoms with Gasteiger partial charge in [0.25, 0.3) is 11.5 Å². The van der Waals surface area contributed by atoms with Gasteiger partial charge in [0.05, 0.1) is 11.1 Å². The molecule has 0 unspecified atom stereocenters. The van der Waals surface area contributed by atoms with Crippen LogP contribution in [0, 0.1) is 0 Å². The Bertz CT molecular complexity index is 1560. The molecule has 4 rings (SSSR count). The molecule has 3 aromatic carbocycles. The molecule has 40 heavy (non-hydrogen) atoms. The lowest BCUT2D eigenvalue weighted by molar-refractivity contribution is -0.143. The molecular formula is C29H25F6N3O2. The van der Waals surface area contributed by atoms with Crippen molar-refractivity contribution in [1.29, 1.82) is 0 Å². The molecule has 1 aromatic heterocycles. The van der Waals surface area contributed by atoms with Crippen molar-refractivity contribution >= 4 is 16.7 Å². The number of likely N-dealkylation sites (N-methyl/N-ethyl adjacent to an activating group) is 1. The molecule has 4 aromatic rings. The molecule has 0 aliphatic rings. The molecule has 0 aliphatic carbocycles. The predicted octanol–water partition coefficient (Wildman–Crippen LogP) is 6.20. The lowest BCUT2D eigenvalue weighted by Crippen LogP contribution is -2.35. The second kappa shape index (κ2) is 11.2. The predicted molar refractivity (Wildman–Crippen MR) is 140 cm³/mol. The fourth-order valence-corrected chi connectivity index (χ4v) is 4.43. The average molecular weight is 562 g/mol. The van der Waals surface area contributed by atoms with E-state index >= 15 is 0 Å². The summed E-state index contributed by atoms with van der Waals surface area (Å²) in [4.78, 5) is 29.1. The van der Waals surface area contributed by atoms with Crippen molar-refractivity contribution in [2.45, 2.75) is 25.4 Å². The molecule has 0 spiro atoms. The normalized spacial score (nSPS) is 12.2. The summed E-state index contributed by atoms with van der Waals surface area (Å²) in [6.07, 6.45) is -10.0. The van der Waals surface area contributed by atoms with Crippen LogP contribution in [-0.4, -0.2) is 36.0 Å². The standard InChI is InChI=1S/C29H25F6N3O2/c1-37(2)12-13-38-25(24(19-8-4-3-5-9-19)22-10-6-7-11-23(22)27(38)40)26(39)36-17-18-14-20(28(30,31)32)16-21(15-18)29(33,34)35/h3-11,14-16H,12-13,17H2,1-2H3,(H,36,39). The number of rotatable bonds is 7. The number of halogens is 6. The number of hydrogen-bond donors (Lipinski definition) is 1. The van der Waals surface area contributed by atoms with Gasteiger partial charge in [-0.1, -0.05) is 48.5 Å². The zero-order chi connectivity index (χ0) is 29.2. The van der Waals surface area contributed by atoms with Gasteiger partial charge in [0.15, 0.2) is 0 Å². The monoisotopic (exact) mass is 561 g/mol. The molecule has 210 valence electrons. The van der Waals surface area contributed by atoms with Crippen LogP contribution >= 0.6 is 0 Å². The van der Waals surface area contributed by atoms with Crippen molar-refractivity contribution in [2.24, 2.45) is 0 Å². The van der Waals surface area contributed by atoms with Gasteiger partial charge >= 0.3 is 12.4 Å². The molecule has 11 heteroatoms. The largest absolute Gasteiger partial charge is 0.416 e. The minimum atomic E-state index is -5.02. The minimum absolute atomic E-state index is 0.0288. The van der Waals surface area contributed by atoms with Crippen molar-refractivity contribution in [3.8, 4) is 11.1 Å². The van der Waals surface area contributed by atoms with Gasteiger partial charge in [-0.05, 0) is 54.9 Å². The quantitative estimate of drug-likeness (QED) is 0.274. The molecule has 5 nitrogen and oxygen atoms in total. The van der Waals surface area contributed by atoms with E-state index in [1.165, 1.54) is 4.57 Å². The van der Waals surface area contributed by atoms with Crippen LogP contribution in [-0.2, 0) is 25.4 Å². The van der Waals surface area contributed by atoms with Crippen molar-refractivity contribution in [3.05, 3.63) is 106 Å². The number of nitrogens with zero attached hydrogens (tertiary/aromatic N) is 2. The van der Waals surface area contributed by atoms with Crippen LogP contribution in [0.15, 0.2) is 77.6 Å². The van der Waals surface area contributed by atoms with Crippen molar-refractivity contribution in [1.82, 2.24) is 14.8 Å². The third-order valence-electron chi connectivity index (χ3n) is 6.33. The number of alkyl halides is 6. The summed E-state index contributed by atoms with van der Waals surface area (Å²) in [7, 11) is 3.58. The van der Waals surface area contributed by atoms with Crippen molar-refractivity contribution < 1.29 is 31.1 Å². The first kappa shape index (κ1) is 28.9. The van der Waals surface area contributed by atoms with E-state index in [-0.39, 0.29) is 23.9 Å². The second-order valence-corrected chi connectivity index (χ2v) is 9.49. The van der Waals surface area contributed by atoms with Gasteiger partial charge in [0.2, 0.25) is 0 Å². The molecule has 1 amide bonds. The first-order chi connectivity index (χ1) is 18.8. The van der Waals surface area contributed by atoms with E-state index in [1.54, 1.807) is 68.7 Å². The van der Waals surface area contributed by atoms with Crippen LogP contribution in [0.1, 0.15) is 27.2 Å². The number of benzene rings is 3. The molecule has 0 fully saturated rings. The number of amides is 1. The van der Waals surface area contributed by atoms with E-state index in [0.29, 0.717) is 40.6 Å². The maximum Gasteiger partial charge on any atom is 0.416 e. The summed E-state index contributed by atoms with van der Waals surface area (Å²) in [5.74, 6) is -0.813. The summed E-state index contributed by atoms with van der Waals surface area (Å²) >= 11 is 0. The van der Waals surface area contributed by atoms with Crippen molar-refractivity contribution in [3.63, 3.8) is 0 Å². The number of carbonyl (C=O) groups is 1. The Labute approximate surface area is 225 Å². The van der Waals surface area contributed by atoms with E-state index in [0.717, 1.165) is 0 Å². The molecule has 1 N–H and O–H groups in total. The fourth-order valence-electron chi connectivity index (χ4n) is 4.43. The molecule has 0 bridgehead atoms. The topological polar surface area (TPSA) is 54.3 Å². The molecule has 0 aliphatic heterocycles. The Morgan fingerprint density at radius 2 is 1.38 bits per heavy atom. The van der Waals surface area contributed by atoms with E-state index < -0.39 is 41.5 Å². The highest BCUT2D eigenvalue weighted by atomic mass is 19.4. The average Bonchev–Trinajstić information content (AvgIpc) is 2.90. The molecule has 0 atom stereocenters. The fraction of sp³-hybridized carbons (Fsp3) is 0.241. The van der Waals surface area contributed by atoms with Crippen LogP contribution in [0.5, 0.6) is 0 Å². The smallest absolute Gasteiger partial charge is 0.347 e. The second-order valence-electron chi connectivity index (χ2n) is 9.49. The van der Waals surface area contributed by atoms with Crippen molar-refractivity contribution in [2.75, 3.05) is 20.6 Å². The highest BCUT2D eigenvalue weighted by Crippen LogP contribution is 2.36. The van der Waals surface area contributed by atoms with E-state index in [4.69, 9.17) is 0 Å². The summed E-state index contributed by atoms with van der Waals surface area (Å²) in [5, 5.41) is 3.31. The zero-order valence-corrected chi connectivity index (χ0v) is 21.5. The van der Waals surface area contributed by atoms with E-state index in [2.05, 4.69) is 5.32 Å². The van der Waals surface area contributed by atoms with E-state index in [1.807, 2.05) is 4.90 Å². The van der Waals surface area contributed by atoms with Crippen LogP contribution in [0.4, 0.5) is 26.3 Å². The third kappa shape index (κ3) is 6.20. The van der Waals surface area contributed by atoms with Crippen LogP contribution < -0.4 is 10.9 Å². The third-order valence-corrected chi connectivity index (χ3v) is 6.33. The Balaban J connectivity index is 1.86. The summed E-state index contributed by atoms with van der Waals surface area (Å²) in [6.45, 7) is -0.134. The molecule has 0 saturated carbocycles. The first-order valence-corrected chi connectivity index (χ1v) is 12.2. The number of fused-ring (bicyclic) bond motifs is 1. The lowest BCUT2D eigenvalue weighted by atomic mass is 9.96. The van der Waals surface area contributed by atoms with Gasteiger partial charge in [-0.3, -0.25) is 9.59 Å². The van der Waals surface area contributed by atoms with E-state index in [9.17, 15) is 35.9 Å². The van der Waals surface area contributed by atoms with Gasteiger partial charge in [-0.2, -0.15) is 26.3 Å². The van der Waals surface area contributed by atoms with Gasteiger partial charge in [0.1, 0.15) is 5.69 Å². The van der Waals surface area contributed by atoms with Gasteiger partial charge in [-0.25, -0.2) is 0 Å².